The number of aromatic nitrogens is 2. The molecule has 0 amide bonds. The van der Waals surface area contributed by atoms with Gasteiger partial charge in [-0.3, -0.25) is 4.99 Å². The van der Waals surface area contributed by atoms with Gasteiger partial charge in [-0.15, -0.1) is 24.0 Å². The van der Waals surface area contributed by atoms with Crippen molar-refractivity contribution in [2.75, 3.05) is 19.6 Å². The van der Waals surface area contributed by atoms with Gasteiger partial charge in [-0.25, -0.2) is 0 Å². The fourth-order valence-electron chi connectivity index (χ4n) is 3.19. The van der Waals surface area contributed by atoms with Gasteiger partial charge in [0, 0.05) is 25.4 Å². The van der Waals surface area contributed by atoms with Crippen molar-refractivity contribution in [3.05, 3.63) is 83.5 Å². The average molecular weight is 519 g/mol. The number of aryl methyl sites for hydroxylation is 2. The number of benzene rings is 2. The predicted molar refractivity (Wildman–Crippen MR) is 131 cm³/mol. The van der Waals surface area contributed by atoms with E-state index in [1.807, 2.05) is 19.1 Å². The molecule has 0 aliphatic heterocycles. The third kappa shape index (κ3) is 7.44. The first kappa shape index (κ1) is 23.9. The molecule has 3 rings (SSSR count). The molecule has 0 saturated heterocycles. The van der Waals surface area contributed by atoms with Crippen molar-refractivity contribution in [3.63, 3.8) is 0 Å². The van der Waals surface area contributed by atoms with Crippen LogP contribution >= 0.6 is 24.0 Å². The summed E-state index contributed by atoms with van der Waals surface area (Å²) >= 11 is 0. The number of guanidine groups is 1. The smallest absolute Gasteiger partial charge is 0.226 e. The van der Waals surface area contributed by atoms with Crippen molar-refractivity contribution in [3.8, 4) is 0 Å². The standard InChI is InChI=1S/C23H29N5O.HI/c1-3-24-23(25-16-10-15-22-27-18(2)28-29-22)26-17-21(19-11-6-4-7-12-19)20-13-8-5-9-14-20;/h4-9,11-14,21H,3,10,15-17H2,1-2H3,(H2,24,25,26);1H. The van der Waals surface area contributed by atoms with Crippen molar-refractivity contribution in [1.82, 2.24) is 20.8 Å². The van der Waals surface area contributed by atoms with Crippen LogP contribution in [0.5, 0.6) is 0 Å². The van der Waals surface area contributed by atoms with Gasteiger partial charge in [-0.1, -0.05) is 65.8 Å². The summed E-state index contributed by atoms with van der Waals surface area (Å²) in [6.07, 6.45) is 1.65. The lowest BCUT2D eigenvalue weighted by Crippen LogP contribution is -2.38. The molecule has 6 nitrogen and oxygen atoms in total. The number of halogens is 1. The van der Waals surface area contributed by atoms with Crippen LogP contribution in [0.2, 0.25) is 0 Å². The largest absolute Gasteiger partial charge is 0.357 e. The lowest BCUT2D eigenvalue weighted by atomic mass is 9.91. The molecule has 2 aromatic carbocycles. The maximum Gasteiger partial charge on any atom is 0.226 e. The van der Waals surface area contributed by atoms with Gasteiger partial charge >= 0.3 is 0 Å². The molecule has 0 spiro atoms. The van der Waals surface area contributed by atoms with Crippen molar-refractivity contribution >= 4 is 29.9 Å². The molecule has 0 saturated carbocycles. The monoisotopic (exact) mass is 519 g/mol. The predicted octanol–water partition coefficient (Wildman–Crippen LogP) is 4.32. The van der Waals surface area contributed by atoms with Crippen LogP contribution in [0.1, 0.15) is 42.1 Å². The minimum Gasteiger partial charge on any atom is -0.357 e. The number of rotatable bonds is 9. The van der Waals surface area contributed by atoms with E-state index in [1.54, 1.807) is 0 Å². The van der Waals surface area contributed by atoms with Crippen LogP contribution in [-0.4, -0.2) is 35.7 Å². The topological polar surface area (TPSA) is 75.3 Å². The molecule has 160 valence electrons. The molecule has 0 aliphatic rings. The second kappa shape index (κ2) is 13.0. The maximum atomic E-state index is 5.16. The van der Waals surface area contributed by atoms with E-state index >= 15 is 0 Å². The van der Waals surface area contributed by atoms with Gasteiger partial charge in [0.05, 0.1) is 6.54 Å². The molecular formula is C23H30IN5O. The van der Waals surface area contributed by atoms with Crippen LogP contribution in [0.25, 0.3) is 0 Å². The van der Waals surface area contributed by atoms with Crippen LogP contribution in [0.4, 0.5) is 0 Å². The Balaban J connectivity index is 0.00000320. The summed E-state index contributed by atoms with van der Waals surface area (Å²) in [5, 5.41) is 10.6. The Kier molecular flexibility index (Phi) is 10.3. The van der Waals surface area contributed by atoms with E-state index in [2.05, 4.69) is 76.2 Å². The molecule has 0 atom stereocenters. The van der Waals surface area contributed by atoms with E-state index < -0.39 is 0 Å². The van der Waals surface area contributed by atoms with Crippen molar-refractivity contribution in [2.24, 2.45) is 4.99 Å². The Hall–Kier alpha value is -2.42. The van der Waals surface area contributed by atoms with E-state index in [4.69, 9.17) is 9.52 Å². The van der Waals surface area contributed by atoms with Crippen LogP contribution in [-0.2, 0) is 6.42 Å². The fraction of sp³-hybridized carbons (Fsp3) is 0.348. The lowest BCUT2D eigenvalue weighted by Gasteiger charge is -2.18. The Morgan fingerprint density at radius 2 is 1.63 bits per heavy atom. The van der Waals surface area contributed by atoms with Gasteiger partial charge in [0.25, 0.3) is 0 Å². The zero-order valence-corrected chi connectivity index (χ0v) is 19.9. The number of nitrogens with one attached hydrogen (secondary N) is 2. The zero-order chi connectivity index (χ0) is 20.3. The van der Waals surface area contributed by atoms with Gasteiger partial charge in [0.2, 0.25) is 5.89 Å². The van der Waals surface area contributed by atoms with Gasteiger partial charge in [-0.05, 0) is 31.4 Å². The van der Waals surface area contributed by atoms with Gasteiger partial charge in [0.15, 0.2) is 11.8 Å². The molecule has 3 aromatic rings. The van der Waals surface area contributed by atoms with Gasteiger partial charge in [0.1, 0.15) is 0 Å². The first-order valence-electron chi connectivity index (χ1n) is 10.2. The van der Waals surface area contributed by atoms with Gasteiger partial charge in [-0.2, -0.15) is 4.98 Å². The summed E-state index contributed by atoms with van der Waals surface area (Å²) in [6.45, 7) is 6.18. The molecule has 0 unspecified atom stereocenters. The minimum atomic E-state index is 0. The number of hydrogen-bond acceptors (Lipinski definition) is 4. The highest BCUT2D eigenvalue weighted by Gasteiger charge is 2.13. The molecule has 1 aromatic heterocycles. The molecule has 0 radical (unpaired) electrons. The summed E-state index contributed by atoms with van der Waals surface area (Å²) in [5.41, 5.74) is 2.54. The molecular weight excluding hydrogens is 489 g/mol. The highest BCUT2D eigenvalue weighted by molar-refractivity contribution is 14.0. The van der Waals surface area contributed by atoms with Crippen molar-refractivity contribution in [2.45, 2.75) is 32.6 Å². The van der Waals surface area contributed by atoms with E-state index in [9.17, 15) is 0 Å². The summed E-state index contributed by atoms with van der Waals surface area (Å²) in [5.74, 6) is 2.40. The molecule has 7 heteroatoms. The number of nitrogens with zero attached hydrogens (tertiary/aromatic N) is 3. The molecule has 2 N–H and O–H groups in total. The van der Waals surface area contributed by atoms with E-state index in [-0.39, 0.29) is 29.9 Å². The van der Waals surface area contributed by atoms with Crippen LogP contribution in [0, 0.1) is 6.92 Å². The van der Waals surface area contributed by atoms with Crippen molar-refractivity contribution in [1.29, 1.82) is 0 Å². The number of aliphatic imine (C=N–C) groups is 1. The van der Waals surface area contributed by atoms with Crippen molar-refractivity contribution < 1.29 is 4.52 Å². The maximum absolute atomic E-state index is 5.16. The third-order valence-corrected chi connectivity index (χ3v) is 4.61. The lowest BCUT2D eigenvalue weighted by molar-refractivity contribution is 0.372. The summed E-state index contributed by atoms with van der Waals surface area (Å²) in [4.78, 5) is 9.10. The normalized spacial score (nSPS) is 11.2. The molecule has 0 fully saturated rings. The SMILES string of the molecule is CCNC(=NCC(c1ccccc1)c1ccccc1)NCCCc1nc(C)no1.I. The first-order chi connectivity index (χ1) is 14.3. The van der Waals surface area contributed by atoms with Crippen LogP contribution in [0.3, 0.4) is 0 Å². The van der Waals surface area contributed by atoms with Crippen LogP contribution in [0.15, 0.2) is 70.2 Å². The number of hydrogen-bond donors (Lipinski definition) is 2. The van der Waals surface area contributed by atoms with E-state index in [0.29, 0.717) is 18.3 Å². The van der Waals surface area contributed by atoms with E-state index in [0.717, 1.165) is 31.9 Å². The highest BCUT2D eigenvalue weighted by atomic mass is 127. The molecule has 0 bridgehead atoms. The second-order valence-electron chi connectivity index (χ2n) is 6.86. The Bertz CT molecular complexity index is 843. The zero-order valence-electron chi connectivity index (χ0n) is 17.5. The fourth-order valence-corrected chi connectivity index (χ4v) is 3.19. The van der Waals surface area contributed by atoms with Gasteiger partial charge < -0.3 is 15.2 Å². The average Bonchev–Trinajstić information content (AvgIpc) is 3.18. The molecule has 0 aliphatic carbocycles. The third-order valence-electron chi connectivity index (χ3n) is 4.61. The summed E-state index contributed by atoms with van der Waals surface area (Å²) in [6, 6.07) is 21.1. The Labute approximate surface area is 195 Å². The Morgan fingerprint density at radius 3 is 2.17 bits per heavy atom. The molecule has 30 heavy (non-hydrogen) atoms. The quantitative estimate of drug-likeness (QED) is 0.191. The first-order valence-corrected chi connectivity index (χ1v) is 10.2. The minimum absolute atomic E-state index is 0. The molecule has 1 heterocycles. The Morgan fingerprint density at radius 1 is 1.00 bits per heavy atom. The van der Waals surface area contributed by atoms with Crippen LogP contribution < -0.4 is 10.6 Å². The highest BCUT2D eigenvalue weighted by Crippen LogP contribution is 2.24. The summed E-state index contributed by atoms with van der Waals surface area (Å²) < 4.78 is 5.16. The second-order valence-corrected chi connectivity index (χ2v) is 6.86. The summed E-state index contributed by atoms with van der Waals surface area (Å²) in [7, 11) is 0. The van der Waals surface area contributed by atoms with E-state index in [1.165, 1.54) is 11.1 Å².